The van der Waals surface area contributed by atoms with Crippen molar-refractivity contribution in [1.29, 1.82) is 0 Å². The fourth-order valence-corrected chi connectivity index (χ4v) is 3.73. The van der Waals surface area contributed by atoms with E-state index in [1.165, 1.54) is 19.2 Å². The van der Waals surface area contributed by atoms with Gasteiger partial charge in [-0.2, -0.15) is 4.31 Å². The van der Waals surface area contributed by atoms with E-state index < -0.39 is 15.9 Å². The van der Waals surface area contributed by atoms with Crippen LogP contribution in [0.2, 0.25) is 0 Å². The number of hydrogen-bond donors (Lipinski definition) is 1. The molecule has 0 aliphatic rings. The topological polar surface area (TPSA) is 93.5 Å². The Morgan fingerprint density at radius 2 is 1.83 bits per heavy atom. The summed E-state index contributed by atoms with van der Waals surface area (Å²) in [6.07, 6.45) is 3.54. The Kier molecular flexibility index (Phi) is 6.30. The Balaban J connectivity index is 1.54. The highest BCUT2D eigenvalue weighted by atomic mass is 32.2. The van der Waals surface area contributed by atoms with Gasteiger partial charge in [0.25, 0.3) is 0 Å². The van der Waals surface area contributed by atoms with E-state index in [9.17, 15) is 13.2 Å². The molecule has 0 bridgehead atoms. The monoisotopic (exact) mass is 414 g/mol. The molecule has 0 aliphatic heterocycles. The van der Waals surface area contributed by atoms with E-state index in [2.05, 4.69) is 10.3 Å². The number of aromatic nitrogens is 2. The molecule has 0 atom stereocenters. The number of hydrogen-bond acceptors (Lipinski definition) is 5. The van der Waals surface area contributed by atoms with Crippen LogP contribution in [0, 0.1) is 0 Å². The third-order valence-corrected chi connectivity index (χ3v) is 6.06. The van der Waals surface area contributed by atoms with Crippen LogP contribution in [-0.4, -0.2) is 41.8 Å². The average Bonchev–Trinajstić information content (AvgIpc) is 3.13. The molecule has 0 fully saturated rings. The molecule has 152 valence electrons. The molecule has 0 saturated heterocycles. The van der Waals surface area contributed by atoms with E-state index >= 15 is 0 Å². The molecule has 29 heavy (non-hydrogen) atoms. The summed E-state index contributed by atoms with van der Waals surface area (Å²) in [6.45, 7) is 0.0337. The van der Waals surface area contributed by atoms with Gasteiger partial charge in [-0.3, -0.25) is 4.79 Å². The molecule has 8 nitrogen and oxygen atoms in total. The molecule has 0 saturated carbocycles. The summed E-state index contributed by atoms with van der Waals surface area (Å²) in [7, 11) is -0.461. The number of benzene rings is 2. The summed E-state index contributed by atoms with van der Waals surface area (Å²) >= 11 is 0. The van der Waals surface area contributed by atoms with Gasteiger partial charge in [0.1, 0.15) is 18.2 Å². The smallest absolute Gasteiger partial charge is 0.243 e. The first-order chi connectivity index (χ1) is 13.9. The summed E-state index contributed by atoms with van der Waals surface area (Å²) < 4.78 is 33.5. The van der Waals surface area contributed by atoms with Gasteiger partial charge in [-0.1, -0.05) is 18.2 Å². The second kappa shape index (κ2) is 8.89. The molecule has 9 heteroatoms. The summed E-state index contributed by atoms with van der Waals surface area (Å²) in [5.41, 5.74) is 0.546. The average molecular weight is 414 g/mol. The molecule has 1 N–H and O–H groups in total. The van der Waals surface area contributed by atoms with Gasteiger partial charge in [0.05, 0.1) is 11.4 Å². The Bertz CT molecular complexity index is 1060. The maximum atomic E-state index is 12.5. The van der Waals surface area contributed by atoms with Crippen molar-refractivity contribution < 1.29 is 17.9 Å². The minimum Gasteiger partial charge on any atom is -0.486 e. The minimum atomic E-state index is -3.72. The molecular weight excluding hydrogens is 392 g/mol. The van der Waals surface area contributed by atoms with Crippen LogP contribution in [0.3, 0.4) is 0 Å². The molecule has 0 unspecified atom stereocenters. The zero-order chi connectivity index (χ0) is 20.9. The first-order valence-corrected chi connectivity index (χ1v) is 10.3. The van der Waals surface area contributed by atoms with Gasteiger partial charge in [0.15, 0.2) is 0 Å². The molecule has 1 amide bonds. The molecule has 0 radical (unpaired) electrons. The number of imidazole rings is 1. The van der Waals surface area contributed by atoms with Gasteiger partial charge in [-0.05, 0) is 36.4 Å². The highest BCUT2D eigenvalue weighted by Gasteiger charge is 2.22. The fraction of sp³-hybridized carbons (Fsp3) is 0.200. The molecule has 0 spiro atoms. The van der Waals surface area contributed by atoms with Crippen LogP contribution in [-0.2, 0) is 28.5 Å². The number of nitrogens with zero attached hydrogens (tertiary/aromatic N) is 3. The highest BCUT2D eigenvalue weighted by molar-refractivity contribution is 7.89. The van der Waals surface area contributed by atoms with Crippen molar-refractivity contribution in [1.82, 2.24) is 13.9 Å². The van der Waals surface area contributed by atoms with Crippen molar-refractivity contribution in [3.63, 3.8) is 0 Å². The largest absolute Gasteiger partial charge is 0.486 e. The van der Waals surface area contributed by atoms with Gasteiger partial charge in [-0.25, -0.2) is 13.4 Å². The summed E-state index contributed by atoms with van der Waals surface area (Å²) in [5.74, 6) is 0.994. The van der Waals surface area contributed by atoms with Gasteiger partial charge in [0, 0.05) is 32.2 Å². The second-order valence-corrected chi connectivity index (χ2v) is 8.43. The van der Waals surface area contributed by atoms with Crippen LogP contribution >= 0.6 is 0 Å². The zero-order valence-corrected chi connectivity index (χ0v) is 17.0. The number of nitrogens with one attached hydrogen (secondary N) is 1. The number of rotatable bonds is 8. The summed E-state index contributed by atoms with van der Waals surface area (Å²) in [6, 6.07) is 14.8. The van der Waals surface area contributed by atoms with Crippen molar-refractivity contribution in [3.05, 3.63) is 72.8 Å². The maximum Gasteiger partial charge on any atom is 0.243 e. The number of ether oxygens (including phenoxy) is 1. The lowest BCUT2D eigenvalue weighted by atomic mass is 10.3. The Morgan fingerprint density at radius 1 is 1.14 bits per heavy atom. The van der Waals surface area contributed by atoms with Gasteiger partial charge >= 0.3 is 0 Å². The van der Waals surface area contributed by atoms with Crippen LogP contribution in [0.1, 0.15) is 5.82 Å². The number of carbonyl (C=O) groups excluding carboxylic acids is 1. The number of carbonyl (C=O) groups is 1. The molecule has 1 aromatic heterocycles. The van der Waals surface area contributed by atoms with E-state index in [1.54, 1.807) is 48.7 Å². The van der Waals surface area contributed by atoms with E-state index in [1.807, 2.05) is 17.8 Å². The summed E-state index contributed by atoms with van der Waals surface area (Å²) in [4.78, 5) is 16.6. The van der Waals surface area contributed by atoms with Crippen molar-refractivity contribution >= 4 is 21.6 Å². The third kappa shape index (κ3) is 5.21. The van der Waals surface area contributed by atoms with Gasteiger partial charge in [0.2, 0.25) is 15.9 Å². The first-order valence-electron chi connectivity index (χ1n) is 8.86. The Hall–Kier alpha value is -3.17. The van der Waals surface area contributed by atoms with E-state index in [0.29, 0.717) is 18.0 Å². The second-order valence-electron chi connectivity index (χ2n) is 6.39. The summed E-state index contributed by atoms with van der Waals surface area (Å²) in [5, 5.41) is 2.69. The zero-order valence-electron chi connectivity index (χ0n) is 16.1. The van der Waals surface area contributed by atoms with E-state index in [0.717, 1.165) is 10.1 Å². The standard InChI is InChI=1S/C20H22N4O4S/c1-23-13-12-21-19(23)15-28-17-10-8-16(9-11-17)22-20(25)14-24(2)29(26,27)18-6-4-3-5-7-18/h3-13H,14-15H2,1-2H3,(H,22,25). The maximum absolute atomic E-state index is 12.5. The van der Waals surface area contributed by atoms with Crippen LogP contribution < -0.4 is 10.1 Å². The molecule has 3 aromatic rings. The van der Waals surface area contributed by atoms with Crippen molar-refractivity contribution in [2.75, 3.05) is 18.9 Å². The number of aryl methyl sites for hydroxylation is 1. The highest BCUT2D eigenvalue weighted by Crippen LogP contribution is 2.17. The normalized spacial score (nSPS) is 11.4. The lowest BCUT2D eigenvalue weighted by Gasteiger charge is -2.17. The Labute approximate surface area is 169 Å². The first kappa shape index (κ1) is 20.6. The SMILES string of the molecule is CN(CC(=O)Nc1ccc(OCc2nccn2C)cc1)S(=O)(=O)c1ccccc1. The minimum absolute atomic E-state index is 0.143. The number of sulfonamides is 1. The van der Waals surface area contributed by atoms with Crippen LogP contribution in [0.4, 0.5) is 5.69 Å². The van der Waals surface area contributed by atoms with Crippen molar-refractivity contribution in [3.8, 4) is 5.75 Å². The van der Waals surface area contributed by atoms with Crippen LogP contribution in [0.15, 0.2) is 71.9 Å². The van der Waals surface area contributed by atoms with Crippen LogP contribution in [0.25, 0.3) is 0 Å². The number of anilines is 1. The lowest BCUT2D eigenvalue weighted by molar-refractivity contribution is -0.116. The quantitative estimate of drug-likeness (QED) is 0.610. The lowest BCUT2D eigenvalue weighted by Crippen LogP contribution is -2.34. The third-order valence-electron chi connectivity index (χ3n) is 4.24. The number of likely N-dealkylation sites (N-methyl/N-ethyl adjacent to an activating group) is 1. The molecule has 3 rings (SSSR count). The molecular formula is C20H22N4O4S. The predicted octanol–water partition coefficient (Wildman–Crippen LogP) is 2.26. The fourth-order valence-electron chi connectivity index (χ4n) is 2.58. The van der Waals surface area contributed by atoms with Gasteiger partial charge < -0.3 is 14.6 Å². The molecule has 2 aromatic carbocycles. The predicted molar refractivity (Wildman–Crippen MR) is 109 cm³/mol. The molecule has 0 aliphatic carbocycles. The van der Waals surface area contributed by atoms with Crippen molar-refractivity contribution in [2.45, 2.75) is 11.5 Å². The Morgan fingerprint density at radius 3 is 2.45 bits per heavy atom. The van der Waals surface area contributed by atoms with Crippen LogP contribution in [0.5, 0.6) is 5.75 Å². The van der Waals surface area contributed by atoms with E-state index in [-0.39, 0.29) is 11.4 Å². The van der Waals surface area contributed by atoms with E-state index in [4.69, 9.17) is 4.74 Å². The van der Waals surface area contributed by atoms with Gasteiger partial charge in [-0.15, -0.1) is 0 Å². The molecule has 1 heterocycles. The number of amides is 1. The van der Waals surface area contributed by atoms with Crippen molar-refractivity contribution in [2.24, 2.45) is 7.05 Å².